The van der Waals surface area contributed by atoms with Crippen molar-refractivity contribution >= 4 is 17.3 Å². The fourth-order valence-corrected chi connectivity index (χ4v) is 2.28. The molecule has 2 rings (SSSR count). The number of aliphatic hydroxyl groups excluding tert-OH is 1. The van der Waals surface area contributed by atoms with Crippen molar-refractivity contribution < 1.29 is 15.0 Å². The molecule has 1 heterocycles. The summed E-state index contributed by atoms with van der Waals surface area (Å²) in [5.41, 5.74) is 0.499. The molecule has 1 saturated carbocycles. The number of hydrogen-bond donors (Lipinski definition) is 2. The van der Waals surface area contributed by atoms with Gasteiger partial charge in [0.25, 0.3) is 0 Å². The second kappa shape index (κ2) is 3.67. The normalized spacial score (nSPS) is 18.1. The van der Waals surface area contributed by atoms with Gasteiger partial charge in [-0.2, -0.15) is 0 Å². The van der Waals surface area contributed by atoms with Gasteiger partial charge in [0.15, 0.2) is 0 Å². The number of carbonyl (C=O) groups is 1. The van der Waals surface area contributed by atoms with Crippen LogP contribution in [0.4, 0.5) is 0 Å². The van der Waals surface area contributed by atoms with Crippen LogP contribution in [0.25, 0.3) is 0 Å². The van der Waals surface area contributed by atoms with E-state index in [0.29, 0.717) is 11.6 Å². The molecule has 1 aromatic heterocycles. The second-order valence-corrected chi connectivity index (χ2v) is 4.39. The summed E-state index contributed by atoms with van der Waals surface area (Å²) >= 11 is 1.51. The Labute approximate surface area is 85.2 Å². The summed E-state index contributed by atoms with van der Waals surface area (Å²) in [4.78, 5) is 14.6. The molecule has 5 heteroatoms. The van der Waals surface area contributed by atoms with Crippen LogP contribution in [0.15, 0.2) is 5.38 Å². The first-order valence-corrected chi connectivity index (χ1v) is 5.40. The average molecular weight is 213 g/mol. The number of carboxylic acid groups (broad SMARTS) is 1. The SMILES string of the molecule is O=C(O)C[C@@H](O)c1csc(C2CC2)n1. The van der Waals surface area contributed by atoms with Crippen molar-refractivity contribution in [3.05, 3.63) is 16.1 Å². The standard InChI is InChI=1S/C9H11NO3S/c11-7(3-8(12)13)6-4-14-9(10-6)5-1-2-5/h4-5,7,11H,1-3H2,(H,12,13)/t7-/m1/s1. The second-order valence-electron chi connectivity index (χ2n) is 3.50. The minimum Gasteiger partial charge on any atom is -0.481 e. The van der Waals surface area contributed by atoms with Crippen LogP contribution in [0.5, 0.6) is 0 Å². The fourth-order valence-electron chi connectivity index (χ4n) is 1.24. The van der Waals surface area contributed by atoms with Crippen molar-refractivity contribution in [2.24, 2.45) is 0 Å². The molecule has 0 bridgehead atoms. The van der Waals surface area contributed by atoms with Crippen molar-refractivity contribution in [3.63, 3.8) is 0 Å². The summed E-state index contributed by atoms with van der Waals surface area (Å²) in [6.45, 7) is 0. The van der Waals surface area contributed by atoms with Gasteiger partial charge in [0, 0.05) is 11.3 Å². The molecule has 0 aliphatic heterocycles. The lowest BCUT2D eigenvalue weighted by Crippen LogP contribution is -2.05. The van der Waals surface area contributed by atoms with Crippen LogP contribution in [-0.4, -0.2) is 21.2 Å². The van der Waals surface area contributed by atoms with E-state index in [1.165, 1.54) is 24.2 Å². The first-order valence-electron chi connectivity index (χ1n) is 4.52. The maximum Gasteiger partial charge on any atom is 0.306 e. The first-order chi connectivity index (χ1) is 6.66. The van der Waals surface area contributed by atoms with Crippen molar-refractivity contribution in [2.45, 2.75) is 31.3 Å². The Morgan fingerprint density at radius 1 is 1.71 bits per heavy atom. The highest BCUT2D eigenvalue weighted by Crippen LogP contribution is 2.41. The van der Waals surface area contributed by atoms with E-state index in [2.05, 4.69) is 4.98 Å². The summed E-state index contributed by atoms with van der Waals surface area (Å²) in [5.74, 6) is -0.441. The molecule has 2 N–H and O–H groups in total. The third kappa shape index (κ3) is 2.10. The minimum absolute atomic E-state index is 0.270. The Kier molecular flexibility index (Phi) is 2.52. The Hall–Kier alpha value is -0.940. The zero-order valence-electron chi connectivity index (χ0n) is 7.51. The van der Waals surface area contributed by atoms with Crippen molar-refractivity contribution in [1.82, 2.24) is 4.98 Å². The molecular formula is C9H11NO3S. The summed E-state index contributed by atoms with van der Waals surface area (Å²) in [6, 6.07) is 0. The van der Waals surface area contributed by atoms with Crippen molar-refractivity contribution in [3.8, 4) is 0 Å². The summed E-state index contributed by atoms with van der Waals surface area (Å²) in [5, 5.41) is 20.7. The lowest BCUT2D eigenvalue weighted by molar-refractivity contribution is -0.139. The molecule has 0 amide bonds. The predicted octanol–water partition coefficient (Wildman–Crippen LogP) is 1.53. The van der Waals surface area contributed by atoms with Gasteiger partial charge in [0.1, 0.15) is 6.10 Å². The quantitative estimate of drug-likeness (QED) is 0.795. The molecule has 1 fully saturated rings. The fraction of sp³-hybridized carbons (Fsp3) is 0.556. The molecule has 76 valence electrons. The Morgan fingerprint density at radius 2 is 2.43 bits per heavy atom. The average Bonchev–Trinajstić information content (AvgIpc) is 2.82. The van der Waals surface area contributed by atoms with Crippen LogP contribution in [0, 0.1) is 0 Å². The highest BCUT2D eigenvalue weighted by molar-refractivity contribution is 7.09. The van der Waals surface area contributed by atoms with Gasteiger partial charge in [0.05, 0.1) is 17.1 Å². The van der Waals surface area contributed by atoms with Crippen LogP contribution in [0.1, 0.15) is 42.0 Å². The van der Waals surface area contributed by atoms with Crippen molar-refractivity contribution in [2.75, 3.05) is 0 Å². The molecule has 1 aliphatic carbocycles. The number of aliphatic hydroxyl groups is 1. The Balaban J connectivity index is 2.03. The molecular weight excluding hydrogens is 202 g/mol. The van der Waals surface area contributed by atoms with Gasteiger partial charge >= 0.3 is 5.97 Å². The molecule has 1 atom stereocenters. The molecule has 0 aromatic carbocycles. The van der Waals surface area contributed by atoms with Crippen molar-refractivity contribution in [1.29, 1.82) is 0 Å². The minimum atomic E-state index is -1.00. The maximum atomic E-state index is 10.4. The lowest BCUT2D eigenvalue weighted by Gasteiger charge is -2.02. The topological polar surface area (TPSA) is 70.4 Å². The van der Waals surface area contributed by atoms with Gasteiger partial charge in [-0.3, -0.25) is 4.79 Å². The van der Waals surface area contributed by atoms with Crippen LogP contribution in [0.2, 0.25) is 0 Å². The molecule has 0 saturated heterocycles. The van der Waals surface area contributed by atoms with E-state index in [4.69, 9.17) is 5.11 Å². The third-order valence-corrected chi connectivity index (χ3v) is 3.20. The number of nitrogens with zero attached hydrogens (tertiary/aromatic N) is 1. The van der Waals surface area contributed by atoms with E-state index >= 15 is 0 Å². The highest BCUT2D eigenvalue weighted by Gasteiger charge is 2.27. The van der Waals surface area contributed by atoms with E-state index in [9.17, 15) is 9.90 Å². The summed E-state index contributed by atoms with van der Waals surface area (Å²) < 4.78 is 0. The summed E-state index contributed by atoms with van der Waals surface area (Å²) in [6.07, 6.45) is 1.11. The van der Waals surface area contributed by atoms with E-state index < -0.39 is 12.1 Å². The number of thiazole rings is 1. The molecule has 14 heavy (non-hydrogen) atoms. The Bertz CT molecular complexity index is 346. The monoisotopic (exact) mass is 213 g/mol. The van der Waals surface area contributed by atoms with Gasteiger partial charge in [-0.1, -0.05) is 0 Å². The highest BCUT2D eigenvalue weighted by atomic mass is 32.1. The lowest BCUT2D eigenvalue weighted by atomic mass is 10.2. The summed E-state index contributed by atoms with van der Waals surface area (Å²) in [7, 11) is 0. The number of rotatable bonds is 4. The third-order valence-electron chi connectivity index (χ3n) is 2.18. The number of hydrogen-bond acceptors (Lipinski definition) is 4. The van der Waals surface area contributed by atoms with Gasteiger partial charge in [-0.15, -0.1) is 11.3 Å². The van der Waals surface area contributed by atoms with Crippen LogP contribution in [0.3, 0.4) is 0 Å². The van der Waals surface area contributed by atoms with Gasteiger partial charge in [-0.05, 0) is 12.8 Å². The van der Waals surface area contributed by atoms with E-state index in [0.717, 1.165) is 5.01 Å². The molecule has 4 nitrogen and oxygen atoms in total. The number of carboxylic acids is 1. The number of aromatic nitrogens is 1. The number of aliphatic carboxylic acids is 1. The van der Waals surface area contributed by atoms with Gasteiger partial charge in [-0.25, -0.2) is 4.98 Å². The van der Waals surface area contributed by atoms with E-state index in [-0.39, 0.29) is 6.42 Å². The van der Waals surface area contributed by atoms with Crippen LogP contribution < -0.4 is 0 Å². The van der Waals surface area contributed by atoms with E-state index in [1.54, 1.807) is 5.38 Å². The zero-order valence-corrected chi connectivity index (χ0v) is 8.33. The Morgan fingerprint density at radius 3 is 3.00 bits per heavy atom. The van der Waals surface area contributed by atoms with Crippen LogP contribution in [-0.2, 0) is 4.79 Å². The van der Waals surface area contributed by atoms with Gasteiger partial charge < -0.3 is 10.2 Å². The van der Waals surface area contributed by atoms with Crippen LogP contribution >= 0.6 is 11.3 Å². The molecule has 0 spiro atoms. The zero-order chi connectivity index (χ0) is 10.1. The van der Waals surface area contributed by atoms with Gasteiger partial charge in [0.2, 0.25) is 0 Å². The molecule has 0 radical (unpaired) electrons. The smallest absolute Gasteiger partial charge is 0.306 e. The largest absolute Gasteiger partial charge is 0.481 e. The first kappa shape index (κ1) is 9.61. The molecule has 1 aliphatic rings. The van der Waals surface area contributed by atoms with E-state index in [1.807, 2.05) is 0 Å². The maximum absolute atomic E-state index is 10.4. The molecule has 1 aromatic rings. The molecule has 0 unspecified atom stereocenters. The predicted molar refractivity (Wildman–Crippen MR) is 51.3 cm³/mol.